The van der Waals surface area contributed by atoms with Crippen molar-refractivity contribution in [2.75, 3.05) is 26.0 Å². The zero-order chi connectivity index (χ0) is 11.6. The number of rotatable bonds is 2. The molecule has 2 rings (SSSR count). The van der Waals surface area contributed by atoms with E-state index in [9.17, 15) is 8.42 Å². The molecule has 6 nitrogen and oxygen atoms in total. The van der Waals surface area contributed by atoms with Gasteiger partial charge in [-0.3, -0.25) is 0 Å². The highest BCUT2D eigenvalue weighted by molar-refractivity contribution is 7.88. The van der Waals surface area contributed by atoms with Gasteiger partial charge < -0.3 is 4.74 Å². The van der Waals surface area contributed by atoms with Crippen molar-refractivity contribution in [3.63, 3.8) is 0 Å². The van der Waals surface area contributed by atoms with Gasteiger partial charge in [0, 0.05) is 19.3 Å². The highest BCUT2D eigenvalue weighted by Gasteiger charge is 2.27. The molecule has 0 saturated carbocycles. The number of nitrogens with zero attached hydrogens (tertiary/aromatic N) is 3. The maximum absolute atomic E-state index is 11.4. The van der Waals surface area contributed by atoms with Crippen molar-refractivity contribution in [1.29, 1.82) is 0 Å². The van der Waals surface area contributed by atoms with Gasteiger partial charge in [-0.1, -0.05) is 0 Å². The van der Waals surface area contributed by atoms with E-state index in [2.05, 4.69) is 9.97 Å². The average molecular weight is 243 g/mol. The summed E-state index contributed by atoms with van der Waals surface area (Å²) in [4.78, 5) is 7.87. The molecule has 1 aliphatic rings. The van der Waals surface area contributed by atoms with E-state index < -0.39 is 10.0 Å². The first-order valence-corrected chi connectivity index (χ1v) is 6.75. The zero-order valence-electron chi connectivity index (χ0n) is 8.91. The highest BCUT2D eigenvalue weighted by Crippen LogP contribution is 2.21. The Kier molecular flexibility index (Phi) is 3.17. The number of morpholine rings is 1. The van der Waals surface area contributed by atoms with E-state index in [-0.39, 0.29) is 6.10 Å². The lowest BCUT2D eigenvalue weighted by Gasteiger charge is -2.30. The minimum Gasteiger partial charge on any atom is -0.369 e. The normalized spacial score (nSPS) is 23.2. The Hall–Kier alpha value is -1.05. The third-order valence-electron chi connectivity index (χ3n) is 2.43. The van der Waals surface area contributed by atoms with Crippen LogP contribution in [0.4, 0.5) is 0 Å². The average Bonchev–Trinajstić information content (AvgIpc) is 2.29. The number of hydrogen-bond acceptors (Lipinski definition) is 5. The summed E-state index contributed by atoms with van der Waals surface area (Å²) in [5.41, 5.74) is 0.711. The maximum atomic E-state index is 11.4. The van der Waals surface area contributed by atoms with Crippen molar-refractivity contribution in [3.05, 3.63) is 24.3 Å². The quantitative estimate of drug-likeness (QED) is 0.720. The molecule has 7 heteroatoms. The lowest BCUT2D eigenvalue weighted by Crippen LogP contribution is -2.41. The SMILES string of the molecule is CS(=O)(=O)N1CCO[C@@H](c2ccncn2)C1. The number of aromatic nitrogens is 2. The number of hydrogen-bond donors (Lipinski definition) is 0. The molecule has 1 atom stereocenters. The van der Waals surface area contributed by atoms with Crippen LogP contribution in [0, 0.1) is 0 Å². The van der Waals surface area contributed by atoms with E-state index in [4.69, 9.17) is 4.74 Å². The first kappa shape index (κ1) is 11.4. The van der Waals surface area contributed by atoms with E-state index in [1.807, 2.05) is 0 Å². The second-order valence-electron chi connectivity index (χ2n) is 3.61. The van der Waals surface area contributed by atoms with Crippen LogP contribution in [0.5, 0.6) is 0 Å². The Bertz CT molecular complexity index is 448. The molecule has 1 aliphatic heterocycles. The molecule has 0 unspecified atom stereocenters. The van der Waals surface area contributed by atoms with Gasteiger partial charge in [0.05, 0.1) is 18.6 Å². The van der Waals surface area contributed by atoms with Crippen LogP contribution in [0.1, 0.15) is 11.8 Å². The summed E-state index contributed by atoms with van der Waals surface area (Å²) in [6.07, 6.45) is 3.95. The molecule has 0 aromatic carbocycles. The summed E-state index contributed by atoms with van der Waals surface area (Å²) in [6, 6.07) is 1.73. The first-order valence-electron chi connectivity index (χ1n) is 4.90. The molecule has 1 saturated heterocycles. The zero-order valence-corrected chi connectivity index (χ0v) is 9.72. The van der Waals surface area contributed by atoms with E-state index in [0.717, 1.165) is 0 Å². The maximum Gasteiger partial charge on any atom is 0.211 e. The Labute approximate surface area is 94.3 Å². The van der Waals surface area contributed by atoms with Crippen LogP contribution in [-0.2, 0) is 14.8 Å². The molecule has 1 aromatic rings. The van der Waals surface area contributed by atoms with Gasteiger partial charge in [0.25, 0.3) is 0 Å². The van der Waals surface area contributed by atoms with Gasteiger partial charge in [-0.15, -0.1) is 0 Å². The number of sulfonamides is 1. The van der Waals surface area contributed by atoms with Crippen LogP contribution in [0.15, 0.2) is 18.6 Å². The molecule has 0 aliphatic carbocycles. The van der Waals surface area contributed by atoms with Gasteiger partial charge in [-0.25, -0.2) is 18.4 Å². The van der Waals surface area contributed by atoms with Crippen molar-refractivity contribution in [1.82, 2.24) is 14.3 Å². The first-order chi connectivity index (χ1) is 7.57. The molecule has 2 heterocycles. The fraction of sp³-hybridized carbons (Fsp3) is 0.556. The largest absolute Gasteiger partial charge is 0.369 e. The Morgan fingerprint density at radius 3 is 3.00 bits per heavy atom. The monoisotopic (exact) mass is 243 g/mol. The predicted octanol–water partition coefficient (Wildman–Crippen LogP) is -0.191. The minimum atomic E-state index is -3.16. The predicted molar refractivity (Wildman–Crippen MR) is 57.1 cm³/mol. The summed E-state index contributed by atoms with van der Waals surface area (Å²) < 4.78 is 29.7. The standard InChI is InChI=1S/C9H13N3O3S/c1-16(13,14)12-4-5-15-9(6-12)8-2-3-10-7-11-8/h2-3,7,9H,4-6H2,1H3/t9-/m1/s1. The molecule has 1 fully saturated rings. The van der Waals surface area contributed by atoms with E-state index in [1.54, 1.807) is 12.3 Å². The molecule has 0 N–H and O–H groups in total. The molecule has 0 spiro atoms. The molecular formula is C9H13N3O3S. The van der Waals surface area contributed by atoms with Crippen molar-refractivity contribution in [2.24, 2.45) is 0 Å². The minimum absolute atomic E-state index is 0.300. The summed E-state index contributed by atoms with van der Waals surface area (Å²) in [5.74, 6) is 0. The van der Waals surface area contributed by atoms with Gasteiger partial charge in [0.1, 0.15) is 12.4 Å². The van der Waals surface area contributed by atoms with Crippen LogP contribution in [-0.4, -0.2) is 48.6 Å². The summed E-state index contributed by atoms with van der Waals surface area (Å²) in [7, 11) is -3.16. The van der Waals surface area contributed by atoms with Crippen LogP contribution in [0.3, 0.4) is 0 Å². The van der Waals surface area contributed by atoms with Gasteiger partial charge in [0.2, 0.25) is 10.0 Å². The lowest BCUT2D eigenvalue weighted by atomic mass is 10.2. The van der Waals surface area contributed by atoms with Crippen molar-refractivity contribution in [2.45, 2.75) is 6.10 Å². The Balaban J connectivity index is 2.14. The van der Waals surface area contributed by atoms with E-state index >= 15 is 0 Å². The second-order valence-corrected chi connectivity index (χ2v) is 5.60. The van der Waals surface area contributed by atoms with Gasteiger partial charge >= 0.3 is 0 Å². The molecular weight excluding hydrogens is 230 g/mol. The fourth-order valence-electron chi connectivity index (χ4n) is 1.60. The Morgan fingerprint density at radius 2 is 2.38 bits per heavy atom. The summed E-state index contributed by atoms with van der Waals surface area (Å²) in [6.45, 7) is 1.11. The molecule has 0 amide bonds. The summed E-state index contributed by atoms with van der Waals surface area (Å²) >= 11 is 0. The fourth-order valence-corrected chi connectivity index (χ4v) is 2.41. The molecule has 16 heavy (non-hydrogen) atoms. The molecule has 88 valence electrons. The molecule has 0 bridgehead atoms. The van der Waals surface area contributed by atoms with Crippen molar-refractivity contribution >= 4 is 10.0 Å². The molecule has 1 aromatic heterocycles. The Morgan fingerprint density at radius 1 is 1.56 bits per heavy atom. The van der Waals surface area contributed by atoms with Crippen LogP contribution < -0.4 is 0 Å². The van der Waals surface area contributed by atoms with Crippen LogP contribution >= 0.6 is 0 Å². The van der Waals surface area contributed by atoms with Crippen molar-refractivity contribution < 1.29 is 13.2 Å². The smallest absolute Gasteiger partial charge is 0.211 e. The molecule has 0 radical (unpaired) electrons. The van der Waals surface area contributed by atoms with Gasteiger partial charge in [-0.05, 0) is 6.07 Å². The van der Waals surface area contributed by atoms with Crippen LogP contribution in [0.25, 0.3) is 0 Å². The summed E-state index contributed by atoms with van der Waals surface area (Å²) in [5, 5.41) is 0. The highest BCUT2D eigenvalue weighted by atomic mass is 32.2. The topological polar surface area (TPSA) is 72.4 Å². The van der Waals surface area contributed by atoms with Gasteiger partial charge in [0.15, 0.2) is 0 Å². The van der Waals surface area contributed by atoms with Gasteiger partial charge in [-0.2, -0.15) is 4.31 Å². The number of ether oxygens (including phenoxy) is 1. The van der Waals surface area contributed by atoms with E-state index in [1.165, 1.54) is 16.9 Å². The third kappa shape index (κ3) is 2.55. The third-order valence-corrected chi connectivity index (χ3v) is 3.70. The second kappa shape index (κ2) is 4.44. The van der Waals surface area contributed by atoms with Crippen LogP contribution in [0.2, 0.25) is 0 Å². The van der Waals surface area contributed by atoms with Crippen molar-refractivity contribution in [3.8, 4) is 0 Å². The lowest BCUT2D eigenvalue weighted by molar-refractivity contribution is -0.00480. The van der Waals surface area contributed by atoms with E-state index in [0.29, 0.717) is 25.4 Å².